The van der Waals surface area contributed by atoms with Crippen LogP contribution in [0.5, 0.6) is 0 Å². The van der Waals surface area contributed by atoms with E-state index in [0.717, 1.165) is 58.5 Å². The van der Waals surface area contributed by atoms with Gasteiger partial charge in [0.25, 0.3) is 0 Å². The quantitative estimate of drug-likeness (QED) is 0.796. The molecule has 1 heterocycles. The summed E-state index contributed by atoms with van der Waals surface area (Å²) >= 11 is 0. The molecule has 0 radical (unpaired) electrons. The molecule has 1 atom stereocenters. The van der Waals surface area contributed by atoms with E-state index in [4.69, 9.17) is 5.73 Å². The van der Waals surface area contributed by atoms with Crippen molar-refractivity contribution >= 4 is 5.91 Å². The summed E-state index contributed by atoms with van der Waals surface area (Å²) in [6.07, 6.45) is 3.00. The maximum Gasteiger partial charge on any atom is 0.225 e. The lowest BCUT2D eigenvalue weighted by atomic mass is 10.0. The molecule has 0 saturated carbocycles. The summed E-state index contributed by atoms with van der Waals surface area (Å²) in [6.45, 7) is 12.1. The molecule has 1 aliphatic rings. The van der Waals surface area contributed by atoms with Crippen LogP contribution in [-0.4, -0.2) is 55.0 Å². The van der Waals surface area contributed by atoms with Crippen LogP contribution in [0.3, 0.4) is 0 Å². The maximum absolute atomic E-state index is 12.4. The first kappa shape index (κ1) is 16.4. The van der Waals surface area contributed by atoms with E-state index in [1.165, 1.54) is 0 Å². The van der Waals surface area contributed by atoms with Gasteiger partial charge >= 0.3 is 0 Å². The first-order valence-electron chi connectivity index (χ1n) is 7.83. The zero-order valence-electron chi connectivity index (χ0n) is 12.9. The van der Waals surface area contributed by atoms with Crippen LogP contribution in [0.15, 0.2) is 0 Å². The van der Waals surface area contributed by atoms with E-state index in [-0.39, 0.29) is 5.92 Å². The van der Waals surface area contributed by atoms with Crippen molar-refractivity contribution in [2.75, 3.05) is 39.3 Å². The Morgan fingerprint density at radius 3 is 2.42 bits per heavy atom. The summed E-state index contributed by atoms with van der Waals surface area (Å²) < 4.78 is 0. The van der Waals surface area contributed by atoms with Crippen LogP contribution in [0.4, 0.5) is 0 Å². The summed E-state index contributed by atoms with van der Waals surface area (Å²) in [6, 6.07) is 0. The molecule has 1 amide bonds. The largest absolute Gasteiger partial charge is 0.341 e. The Balaban J connectivity index is 2.47. The lowest BCUT2D eigenvalue weighted by Gasteiger charge is -2.26. The monoisotopic (exact) mass is 269 g/mol. The lowest BCUT2D eigenvalue weighted by molar-refractivity contribution is -0.135. The number of hydrogen-bond acceptors (Lipinski definition) is 3. The fourth-order valence-electron chi connectivity index (χ4n) is 2.79. The van der Waals surface area contributed by atoms with Crippen molar-refractivity contribution < 1.29 is 4.79 Å². The molecule has 1 rings (SSSR count). The van der Waals surface area contributed by atoms with E-state index in [0.29, 0.717) is 11.8 Å². The minimum absolute atomic E-state index is 0.217. The minimum atomic E-state index is 0.217. The van der Waals surface area contributed by atoms with Gasteiger partial charge in [-0.25, -0.2) is 0 Å². The Labute approximate surface area is 118 Å². The normalized spacial score (nSPS) is 19.5. The van der Waals surface area contributed by atoms with Gasteiger partial charge in [0.15, 0.2) is 0 Å². The van der Waals surface area contributed by atoms with Crippen molar-refractivity contribution in [2.45, 2.75) is 40.0 Å². The van der Waals surface area contributed by atoms with Gasteiger partial charge in [0, 0.05) is 32.1 Å². The third kappa shape index (κ3) is 5.11. The van der Waals surface area contributed by atoms with Gasteiger partial charge in [-0.2, -0.15) is 0 Å². The molecule has 1 saturated heterocycles. The summed E-state index contributed by atoms with van der Waals surface area (Å²) in [5.41, 5.74) is 5.69. The van der Waals surface area contributed by atoms with Gasteiger partial charge in [-0.1, -0.05) is 20.8 Å². The number of carbonyl (C=O) groups excluding carboxylic acids is 1. The Hall–Kier alpha value is -0.610. The molecule has 4 nitrogen and oxygen atoms in total. The Kier molecular flexibility index (Phi) is 7.39. The molecule has 1 fully saturated rings. The number of amides is 1. The van der Waals surface area contributed by atoms with Gasteiger partial charge in [0.1, 0.15) is 0 Å². The molecule has 0 spiro atoms. The third-order valence-electron chi connectivity index (χ3n) is 4.21. The SMILES string of the molecule is CCC(CC)C(=O)N1CCCN(CC(C)CN)CC1. The highest BCUT2D eigenvalue weighted by atomic mass is 16.2. The topological polar surface area (TPSA) is 49.6 Å². The third-order valence-corrected chi connectivity index (χ3v) is 4.21. The highest BCUT2D eigenvalue weighted by molar-refractivity contribution is 5.78. The van der Waals surface area contributed by atoms with E-state index < -0.39 is 0 Å². The predicted octanol–water partition coefficient (Wildman–Crippen LogP) is 1.55. The molecular formula is C15H31N3O. The van der Waals surface area contributed by atoms with Crippen LogP contribution in [0.2, 0.25) is 0 Å². The molecule has 112 valence electrons. The molecule has 0 aromatic carbocycles. The van der Waals surface area contributed by atoms with Crippen LogP contribution >= 0.6 is 0 Å². The molecule has 0 aromatic rings. The maximum atomic E-state index is 12.4. The Morgan fingerprint density at radius 1 is 1.16 bits per heavy atom. The van der Waals surface area contributed by atoms with E-state index in [1.807, 2.05) is 0 Å². The fourth-order valence-corrected chi connectivity index (χ4v) is 2.79. The molecule has 1 aliphatic heterocycles. The van der Waals surface area contributed by atoms with Crippen LogP contribution < -0.4 is 5.73 Å². The molecule has 1 unspecified atom stereocenters. The highest BCUT2D eigenvalue weighted by Gasteiger charge is 2.24. The predicted molar refractivity (Wildman–Crippen MR) is 79.9 cm³/mol. The summed E-state index contributed by atoms with van der Waals surface area (Å²) in [4.78, 5) is 16.9. The number of carbonyl (C=O) groups is 1. The zero-order chi connectivity index (χ0) is 14.3. The second-order valence-corrected chi connectivity index (χ2v) is 5.83. The van der Waals surface area contributed by atoms with Gasteiger partial charge in [0.2, 0.25) is 5.91 Å². The van der Waals surface area contributed by atoms with Crippen LogP contribution in [0.1, 0.15) is 40.0 Å². The average Bonchev–Trinajstić information content (AvgIpc) is 2.65. The summed E-state index contributed by atoms with van der Waals surface area (Å²) in [7, 11) is 0. The van der Waals surface area contributed by atoms with E-state index in [2.05, 4.69) is 30.6 Å². The Bertz CT molecular complexity index is 266. The van der Waals surface area contributed by atoms with Crippen molar-refractivity contribution in [3.05, 3.63) is 0 Å². The molecular weight excluding hydrogens is 238 g/mol. The summed E-state index contributed by atoms with van der Waals surface area (Å²) in [5, 5.41) is 0. The first-order valence-corrected chi connectivity index (χ1v) is 7.83. The van der Waals surface area contributed by atoms with Crippen molar-refractivity contribution in [1.82, 2.24) is 9.80 Å². The van der Waals surface area contributed by atoms with Gasteiger partial charge in [-0.3, -0.25) is 4.79 Å². The van der Waals surface area contributed by atoms with Crippen molar-refractivity contribution in [3.63, 3.8) is 0 Å². The molecule has 4 heteroatoms. The van der Waals surface area contributed by atoms with Crippen molar-refractivity contribution in [3.8, 4) is 0 Å². The molecule has 0 aromatic heterocycles. The van der Waals surface area contributed by atoms with E-state index in [1.54, 1.807) is 0 Å². The number of nitrogens with zero attached hydrogens (tertiary/aromatic N) is 2. The fraction of sp³-hybridized carbons (Fsp3) is 0.933. The highest BCUT2D eigenvalue weighted by Crippen LogP contribution is 2.14. The Morgan fingerprint density at radius 2 is 1.84 bits per heavy atom. The van der Waals surface area contributed by atoms with E-state index in [9.17, 15) is 4.79 Å². The van der Waals surface area contributed by atoms with Gasteiger partial charge < -0.3 is 15.5 Å². The van der Waals surface area contributed by atoms with Crippen molar-refractivity contribution in [2.24, 2.45) is 17.6 Å². The molecule has 0 aliphatic carbocycles. The lowest BCUT2D eigenvalue weighted by Crippen LogP contribution is -2.39. The second kappa shape index (κ2) is 8.54. The standard InChI is InChI=1S/C15H31N3O/c1-4-14(5-2)15(19)18-8-6-7-17(9-10-18)12-13(3)11-16/h13-14H,4-12,16H2,1-3H3. The first-order chi connectivity index (χ1) is 9.12. The molecule has 0 bridgehead atoms. The smallest absolute Gasteiger partial charge is 0.225 e. The van der Waals surface area contributed by atoms with Gasteiger partial charge in [-0.15, -0.1) is 0 Å². The number of hydrogen-bond donors (Lipinski definition) is 1. The van der Waals surface area contributed by atoms with E-state index >= 15 is 0 Å². The number of rotatable bonds is 6. The van der Waals surface area contributed by atoms with Gasteiger partial charge in [0.05, 0.1) is 0 Å². The van der Waals surface area contributed by atoms with Crippen LogP contribution in [0.25, 0.3) is 0 Å². The minimum Gasteiger partial charge on any atom is -0.341 e. The second-order valence-electron chi connectivity index (χ2n) is 5.83. The molecule has 2 N–H and O–H groups in total. The summed E-state index contributed by atoms with van der Waals surface area (Å²) in [5.74, 6) is 1.12. The van der Waals surface area contributed by atoms with Gasteiger partial charge in [-0.05, 0) is 38.3 Å². The zero-order valence-corrected chi connectivity index (χ0v) is 12.9. The van der Waals surface area contributed by atoms with Crippen LogP contribution in [0, 0.1) is 11.8 Å². The van der Waals surface area contributed by atoms with Crippen molar-refractivity contribution in [1.29, 1.82) is 0 Å². The number of nitrogens with two attached hydrogens (primary N) is 1. The molecule has 19 heavy (non-hydrogen) atoms. The average molecular weight is 269 g/mol. The van der Waals surface area contributed by atoms with Crippen LogP contribution in [-0.2, 0) is 4.79 Å².